The molecule has 25 heavy (non-hydrogen) atoms. The summed E-state index contributed by atoms with van der Waals surface area (Å²) in [6, 6.07) is 3.76. The maximum Gasteiger partial charge on any atom is 0.513 e. The van der Waals surface area contributed by atoms with E-state index < -0.39 is 42.1 Å². The molecule has 0 aliphatic carbocycles. The van der Waals surface area contributed by atoms with Crippen LogP contribution in [-0.2, 0) is 4.74 Å². The van der Waals surface area contributed by atoms with E-state index in [1.54, 1.807) is 0 Å². The van der Waals surface area contributed by atoms with Crippen molar-refractivity contribution >= 4 is 11.8 Å². The second kappa shape index (κ2) is 7.11. The molecule has 0 saturated heterocycles. The Labute approximate surface area is 134 Å². The van der Waals surface area contributed by atoms with Crippen LogP contribution in [0, 0.1) is 10.1 Å². The lowest BCUT2D eigenvalue weighted by atomic mass is 10.1. The van der Waals surface area contributed by atoms with Crippen LogP contribution in [0.5, 0.6) is 5.75 Å². The van der Waals surface area contributed by atoms with Crippen molar-refractivity contribution in [2.75, 3.05) is 6.61 Å². The second-order valence-electron chi connectivity index (χ2n) is 4.48. The number of hydrogen-bond donors (Lipinski definition) is 0. The van der Waals surface area contributed by atoms with Gasteiger partial charge in [0.05, 0.1) is 11.3 Å². The number of nitro benzene ring substituents is 1. The summed E-state index contributed by atoms with van der Waals surface area (Å²) in [5.41, 5.74) is -0.352. The number of nitro groups is 1. The fourth-order valence-corrected chi connectivity index (χ4v) is 1.39. The fourth-order valence-electron chi connectivity index (χ4n) is 1.39. The highest BCUT2D eigenvalue weighted by Gasteiger charge is 2.72. The SMILES string of the molecule is O=C(OCCC(F)(F)C(F)(F)C(F)(F)F)Oc1ccc([N+](=O)[O-])cc1. The molecule has 6 nitrogen and oxygen atoms in total. The van der Waals surface area contributed by atoms with Crippen LogP contribution in [0.15, 0.2) is 24.3 Å². The topological polar surface area (TPSA) is 78.7 Å². The molecule has 0 unspecified atom stereocenters. The Hall–Kier alpha value is -2.60. The minimum Gasteiger partial charge on any atom is -0.434 e. The molecule has 0 N–H and O–H groups in total. The first-order valence-corrected chi connectivity index (χ1v) is 6.19. The molecule has 0 amide bonds. The molecule has 13 heteroatoms. The van der Waals surface area contributed by atoms with Crippen LogP contribution in [0.2, 0.25) is 0 Å². The molecule has 0 aliphatic heterocycles. The molecule has 0 aromatic heterocycles. The molecular formula is C12H8F7NO5. The molecule has 0 radical (unpaired) electrons. The van der Waals surface area contributed by atoms with Crippen molar-refractivity contribution < 1.29 is 49.9 Å². The molecule has 1 rings (SSSR count). The van der Waals surface area contributed by atoms with E-state index in [-0.39, 0.29) is 11.4 Å². The number of ether oxygens (including phenoxy) is 2. The molecule has 0 spiro atoms. The quantitative estimate of drug-likeness (QED) is 0.242. The van der Waals surface area contributed by atoms with E-state index in [1.807, 2.05) is 0 Å². The van der Waals surface area contributed by atoms with Gasteiger partial charge in [0.25, 0.3) is 5.69 Å². The third kappa shape index (κ3) is 4.93. The highest BCUT2D eigenvalue weighted by molar-refractivity contribution is 5.63. The van der Waals surface area contributed by atoms with Crippen LogP contribution in [-0.4, -0.2) is 35.7 Å². The van der Waals surface area contributed by atoms with Crippen molar-refractivity contribution in [3.63, 3.8) is 0 Å². The lowest BCUT2D eigenvalue weighted by Gasteiger charge is -2.27. The average molecular weight is 379 g/mol. The molecule has 0 aliphatic rings. The summed E-state index contributed by atoms with van der Waals surface area (Å²) in [4.78, 5) is 20.8. The summed E-state index contributed by atoms with van der Waals surface area (Å²) < 4.78 is 95.0. The smallest absolute Gasteiger partial charge is 0.434 e. The van der Waals surface area contributed by atoms with E-state index in [2.05, 4.69) is 9.47 Å². The summed E-state index contributed by atoms with van der Waals surface area (Å²) in [6.07, 6.45) is -10.2. The van der Waals surface area contributed by atoms with Crippen LogP contribution in [0.4, 0.5) is 41.2 Å². The number of halogens is 7. The Balaban J connectivity index is 2.55. The molecular weight excluding hydrogens is 371 g/mol. The minimum atomic E-state index is -6.48. The van der Waals surface area contributed by atoms with E-state index in [9.17, 15) is 45.6 Å². The number of nitrogens with zero attached hydrogens (tertiary/aromatic N) is 1. The molecule has 0 saturated carbocycles. The van der Waals surface area contributed by atoms with Gasteiger partial charge in [-0.1, -0.05) is 0 Å². The first-order chi connectivity index (χ1) is 11.3. The van der Waals surface area contributed by atoms with Crippen molar-refractivity contribution in [2.45, 2.75) is 24.4 Å². The van der Waals surface area contributed by atoms with Gasteiger partial charge in [0.1, 0.15) is 12.4 Å². The number of carbonyl (C=O) groups is 1. The summed E-state index contributed by atoms with van der Waals surface area (Å²) >= 11 is 0. The predicted molar refractivity (Wildman–Crippen MR) is 65.6 cm³/mol. The van der Waals surface area contributed by atoms with Crippen molar-refractivity contribution in [3.8, 4) is 5.75 Å². The third-order valence-electron chi connectivity index (χ3n) is 2.70. The molecule has 0 atom stereocenters. The fraction of sp³-hybridized carbons (Fsp3) is 0.417. The predicted octanol–water partition coefficient (Wildman–Crippen LogP) is 4.33. The van der Waals surface area contributed by atoms with Gasteiger partial charge < -0.3 is 9.47 Å². The molecule has 140 valence electrons. The lowest BCUT2D eigenvalue weighted by molar-refractivity contribution is -0.384. The standard InChI is InChI=1S/C12H8F7NO5/c13-10(14,11(15,16)12(17,18)19)5-6-24-9(21)25-8-3-1-7(2-4-8)20(22)23/h1-4H,5-6H2. The Bertz CT molecular complexity index is 630. The minimum absolute atomic E-state index is 0.303. The molecule has 0 fully saturated rings. The first-order valence-electron chi connectivity index (χ1n) is 6.19. The number of non-ortho nitro benzene ring substituents is 1. The van der Waals surface area contributed by atoms with Gasteiger partial charge in [0.2, 0.25) is 0 Å². The van der Waals surface area contributed by atoms with Gasteiger partial charge >= 0.3 is 24.2 Å². The molecule has 0 heterocycles. The van der Waals surface area contributed by atoms with E-state index in [0.29, 0.717) is 0 Å². The van der Waals surface area contributed by atoms with Gasteiger partial charge in [-0.05, 0) is 12.1 Å². The van der Waals surface area contributed by atoms with E-state index in [0.717, 1.165) is 24.3 Å². The van der Waals surface area contributed by atoms with Crippen molar-refractivity contribution in [3.05, 3.63) is 34.4 Å². The van der Waals surface area contributed by atoms with Crippen LogP contribution in [0.25, 0.3) is 0 Å². The van der Waals surface area contributed by atoms with E-state index in [4.69, 9.17) is 0 Å². The monoisotopic (exact) mass is 379 g/mol. The Morgan fingerprint density at radius 2 is 1.56 bits per heavy atom. The number of hydrogen-bond acceptors (Lipinski definition) is 5. The van der Waals surface area contributed by atoms with Gasteiger partial charge in [0.15, 0.2) is 0 Å². The lowest BCUT2D eigenvalue weighted by Crippen LogP contribution is -2.52. The van der Waals surface area contributed by atoms with Crippen molar-refractivity contribution in [1.82, 2.24) is 0 Å². The van der Waals surface area contributed by atoms with Gasteiger partial charge in [-0.15, -0.1) is 0 Å². The van der Waals surface area contributed by atoms with Crippen LogP contribution >= 0.6 is 0 Å². The van der Waals surface area contributed by atoms with Crippen molar-refractivity contribution in [1.29, 1.82) is 0 Å². The molecule has 0 bridgehead atoms. The summed E-state index contributed by atoms with van der Waals surface area (Å²) in [5, 5.41) is 10.4. The normalized spacial score (nSPS) is 12.6. The van der Waals surface area contributed by atoms with E-state index in [1.165, 1.54) is 0 Å². The molecule has 1 aromatic rings. The van der Waals surface area contributed by atoms with Crippen LogP contribution in [0.3, 0.4) is 0 Å². The summed E-state index contributed by atoms with van der Waals surface area (Å²) in [5.74, 6) is -12.1. The zero-order valence-corrected chi connectivity index (χ0v) is 11.9. The Kier molecular flexibility index (Phi) is 5.81. The average Bonchev–Trinajstić information content (AvgIpc) is 2.46. The summed E-state index contributed by atoms with van der Waals surface area (Å²) in [6.45, 7) is -1.48. The van der Waals surface area contributed by atoms with Crippen molar-refractivity contribution in [2.24, 2.45) is 0 Å². The number of alkyl halides is 7. The number of carbonyl (C=O) groups excluding carboxylic acids is 1. The maximum absolute atomic E-state index is 12.9. The van der Waals surface area contributed by atoms with Gasteiger partial charge in [-0.3, -0.25) is 10.1 Å². The Morgan fingerprint density at radius 1 is 1.04 bits per heavy atom. The number of benzene rings is 1. The van der Waals surface area contributed by atoms with Crippen LogP contribution in [0.1, 0.15) is 6.42 Å². The zero-order valence-electron chi connectivity index (χ0n) is 11.9. The highest BCUT2D eigenvalue weighted by Crippen LogP contribution is 2.47. The van der Waals surface area contributed by atoms with Gasteiger partial charge in [-0.2, -0.15) is 30.7 Å². The van der Waals surface area contributed by atoms with Crippen LogP contribution < -0.4 is 4.74 Å². The maximum atomic E-state index is 12.9. The van der Waals surface area contributed by atoms with Gasteiger partial charge in [0, 0.05) is 12.1 Å². The highest BCUT2D eigenvalue weighted by atomic mass is 19.4. The van der Waals surface area contributed by atoms with E-state index >= 15 is 0 Å². The largest absolute Gasteiger partial charge is 0.513 e. The zero-order chi connectivity index (χ0) is 19.5. The summed E-state index contributed by atoms with van der Waals surface area (Å²) in [7, 11) is 0. The number of rotatable bonds is 6. The first kappa shape index (κ1) is 20.4. The second-order valence-corrected chi connectivity index (χ2v) is 4.48. The van der Waals surface area contributed by atoms with Gasteiger partial charge in [-0.25, -0.2) is 4.79 Å². The molecule has 1 aromatic carbocycles. The third-order valence-corrected chi connectivity index (χ3v) is 2.70. The Morgan fingerprint density at radius 3 is 2.00 bits per heavy atom.